The molecule has 0 aromatic heterocycles. The average molecular weight is 348 g/mol. The average Bonchev–Trinajstić information content (AvgIpc) is 2.62. The van der Waals surface area contributed by atoms with E-state index in [1.54, 1.807) is 26.4 Å². The van der Waals surface area contributed by atoms with Crippen molar-refractivity contribution in [2.45, 2.75) is 64.5 Å². The van der Waals surface area contributed by atoms with Crippen molar-refractivity contribution in [3.63, 3.8) is 0 Å². The van der Waals surface area contributed by atoms with Gasteiger partial charge < -0.3 is 20.1 Å². The largest absolute Gasteiger partial charge is 0.497 e. The Morgan fingerprint density at radius 1 is 1.20 bits per heavy atom. The summed E-state index contributed by atoms with van der Waals surface area (Å²) in [7, 11) is 3.20. The highest BCUT2D eigenvalue weighted by atomic mass is 16.5. The smallest absolute Gasteiger partial charge is 0.226 e. The molecule has 0 spiro atoms. The second-order valence-corrected chi connectivity index (χ2v) is 7.01. The Hall–Kier alpha value is -1.75. The summed E-state index contributed by atoms with van der Waals surface area (Å²) in [5.41, 5.74) is 0.641. The number of amides is 1. The van der Waals surface area contributed by atoms with E-state index in [-0.39, 0.29) is 11.9 Å². The second kappa shape index (κ2) is 9.66. The van der Waals surface area contributed by atoms with E-state index in [0.717, 1.165) is 5.92 Å². The number of carbonyl (C=O) groups excluding carboxylic acids is 1. The van der Waals surface area contributed by atoms with Gasteiger partial charge in [0.1, 0.15) is 11.5 Å². The van der Waals surface area contributed by atoms with E-state index in [0.29, 0.717) is 29.6 Å². The van der Waals surface area contributed by atoms with Crippen LogP contribution in [-0.4, -0.2) is 32.2 Å². The number of rotatable bonds is 8. The summed E-state index contributed by atoms with van der Waals surface area (Å²) in [5.74, 6) is 2.19. The predicted molar refractivity (Wildman–Crippen MR) is 101 cm³/mol. The lowest BCUT2D eigenvalue weighted by atomic mass is 9.84. The second-order valence-electron chi connectivity index (χ2n) is 7.01. The first-order valence-corrected chi connectivity index (χ1v) is 9.33. The molecule has 1 aromatic rings. The number of methoxy groups -OCH3 is 2. The van der Waals surface area contributed by atoms with Gasteiger partial charge >= 0.3 is 0 Å². The van der Waals surface area contributed by atoms with Crippen molar-refractivity contribution in [3.8, 4) is 11.5 Å². The van der Waals surface area contributed by atoms with E-state index >= 15 is 0 Å². The molecule has 1 aliphatic rings. The first-order chi connectivity index (χ1) is 12.0. The van der Waals surface area contributed by atoms with Crippen LogP contribution in [0.2, 0.25) is 0 Å². The van der Waals surface area contributed by atoms with Crippen molar-refractivity contribution in [3.05, 3.63) is 18.2 Å². The fourth-order valence-electron chi connectivity index (χ4n) is 3.59. The lowest BCUT2D eigenvalue weighted by molar-refractivity contribution is -0.116. The van der Waals surface area contributed by atoms with Gasteiger partial charge in [-0.05, 0) is 50.7 Å². The third-order valence-electron chi connectivity index (χ3n) is 5.12. The summed E-state index contributed by atoms with van der Waals surface area (Å²) in [5, 5.41) is 6.55. The monoisotopic (exact) mass is 348 g/mol. The number of ether oxygens (including phenoxy) is 2. The highest BCUT2D eigenvalue weighted by Gasteiger charge is 2.22. The summed E-state index contributed by atoms with van der Waals surface area (Å²) in [6, 6.07) is 6.07. The molecule has 25 heavy (non-hydrogen) atoms. The van der Waals surface area contributed by atoms with Crippen LogP contribution in [0.5, 0.6) is 11.5 Å². The zero-order chi connectivity index (χ0) is 18.2. The highest BCUT2D eigenvalue weighted by Crippen LogP contribution is 2.29. The molecular formula is C20H32N2O3. The van der Waals surface area contributed by atoms with Crippen LogP contribution < -0.4 is 20.1 Å². The molecule has 0 heterocycles. The Labute approximate surface area is 151 Å². The van der Waals surface area contributed by atoms with E-state index in [1.165, 1.54) is 32.1 Å². The molecule has 140 valence electrons. The quantitative estimate of drug-likeness (QED) is 0.746. The summed E-state index contributed by atoms with van der Waals surface area (Å²) in [6.07, 6.45) is 6.76. The Bertz CT molecular complexity index is 554. The fraction of sp³-hybridized carbons (Fsp3) is 0.650. The summed E-state index contributed by atoms with van der Waals surface area (Å²) in [4.78, 5) is 12.4. The zero-order valence-corrected chi connectivity index (χ0v) is 15.9. The maximum absolute atomic E-state index is 12.4. The predicted octanol–water partition coefficient (Wildman–Crippen LogP) is 3.98. The minimum atomic E-state index is -0.0196. The van der Waals surface area contributed by atoms with Gasteiger partial charge in [-0.2, -0.15) is 0 Å². The number of hydrogen-bond acceptors (Lipinski definition) is 4. The molecule has 1 amide bonds. The first-order valence-electron chi connectivity index (χ1n) is 9.33. The standard InChI is InChI=1S/C20H32N2O3/c1-5-15-6-8-16(9-7-15)21-14(2)12-20(23)22-18-13-17(24-3)10-11-19(18)25-4/h10-11,13-16,21H,5-9,12H2,1-4H3,(H,22,23). The molecule has 2 rings (SSSR count). The molecule has 1 aliphatic carbocycles. The Kier molecular flexibility index (Phi) is 7.56. The number of anilines is 1. The number of nitrogens with one attached hydrogen (secondary N) is 2. The Balaban J connectivity index is 1.83. The van der Waals surface area contributed by atoms with Gasteiger partial charge in [-0.15, -0.1) is 0 Å². The topological polar surface area (TPSA) is 59.6 Å². The van der Waals surface area contributed by atoms with Crippen LogP contribution in [0.3, 0.4) is 0 Å². The normalized spacial score (nSPS) is 21.4. The SMILES string of the molecule is CCC1CCC(NC(C)CC(=O)Nc2cc(OC)ccc2OC)CC1. The summed E-state index contributed by atoms with van der Waals surface area (Å²) < 4.78 is 10.5. The van der Waals surface area contributed by atoms with Gasteiger partial charge in [-0.1, -0.05) is 13.3 Å². The van der Waals surface area contributed by atoms with Crippen LogP contribution in [0.1, 0.15) is 52.4 Å². The van der Waals surface area contributed by atoms with Crippen molar-refractivity contribution < 1.29 is 14.3 Å². The van der Waals surface area contributed by atoms with Gasteiger partial charge in [-0.25, -0.2) is 0 Å². The van der Waals surface area contributed by atoms with E-state index in [1.807, 2.05) is 6.07 Å². The lowest BCUT2D eigenvalue weighted by Crippen LogP contribution is -2.40. The molecule has 1 saturated carbocycles. The van der Waals surface area contributed by atoms with Crippen LogP contribution in [0.25, 0.3) is 0 Å². The van der Waals surface area contributed by atoms with Crippen molar-refractivity contribution in [1.29, 1.82) is 0 Å². The third kappa shape index (κ3) is 5.92. The molecule has 1 unspecified atom stereocenters. The molecule has 1 atom stereocenters. The van der Waals surface area contributed by atoms with Crippen molar-refractivity contribution in [2.75, 3.05) is 19.5 Å². The molecular weight excluding hydrogens is 316 g/mol. The van der Waals surface area contributed by atoms with E-state index < -0.39 is 0 Å². The molecule has 1 fully saturated rings. The maximum Gasteiger partial charge on any atom is 0.226 e. The zero-order valence-electron chi connectivity index (χ0n) is 15.9. The van der Waals surface area contributed by atoms with Gasteiger partial charge in [0.25, 0.3) is 0 Å². The number of hydrogen-bond donors (Lipinski definition) is 2. The van der Waals surface area contributed by atoms with Crippen molar-refractivity contribution >= 4 is 11.6 Å². The molecule has 2 N–H and O–H groups in total. The minimum absolute atomic E-state index is 0.0196. The van der Waals surface area contributed by atoms with Gasteiger partial charge in [0.2, 0.25) is 5.91 Å². The van der Waals surface area contributed by atoms with Gasteiger partial charge in [0.15, 0.2) is 0 Å². The Morgan fingerprint density at radius 3 is 2.52 bits per heavy atom. The van der Waals surface area contributed by atoms with Crippen LogP contribution in [0.4, 0.5) is 5.69 Å². The third-order valence-corrected chi connectivity index (χ3v) is 5.12. The van der Waals surface area contributed by atoms with Crippen molar-refractivity contribution in [2.24, 2.45) is 5.92 Å². The molecule has 1 aromatic carbocycles. The van der Waals surface area contributed by atoms with Crippen LogP contribution in [0, 0.1) is 5.92 Å². The number of benzene rings is 1. The van der Waals surface area contributed by atoms with E-state index in [9.17, 15) is 4.79 Å². The molecule has 0 saturated heterocycles. The van der Waals surface area contributed by atoms with Crippen LogP contribution in [0.15, 0.2) is 18.2 Å². The summed E-state index contributed by atoms with van der Waals surface area (Å²) in [6.45, 7) is 4.35. The maximum atomic E-state index is 12.4. The van der Waals surface area contributed by atoms with E-state index in [4.69, 9.17) is 9.47 Å². The molecule has 0 aliphatic heterocycles. The molecule has 0 radical (unpaired) electrons. The minimum Gasteiger partial charge on any atom is -0.497 e. The Morgan fingerprint density at radius 2 is 1.92 bits per heavy atom. The van der Waals surface area contributed by atoms with Crippen LogP contribution in [-0.2, 0) is 4.79 Å². The molecule has 0 bridgehead atoms. The molecule has 5 nitrogen and oxygen atoms in total. The molecule has 5 heteroatoms. The van der Waals surface area contributed by atoms with E-state index in [2.05, 4.69) is 24.5 Å². The van der Waals surface area contributed by atoms with Crippen LogP contribution >= 0.6 is 0 Å². The fourth-order valence-corrected chi connectivity index (χ4v) is 3.59. The highest BCUT2D eigenvalue weighted by molar-refractivity contribution is 5.92. The van der Waals surface area contributed by atoms with Gasteiger partial charge in [0.05, 0.1) is 19.9 Å². The lowest BCUT2D eigenvalue weighted by Gasteiger charge is -2.30. The summed E-state index contributed by atoms with van der Waals surface area (Å²) >= 11 is 0. The first kappa shape index (κ1) is 19.6. The van der Waals surface area contributed by atoms with Gasteiger partial charge in [0, 0.05) is 24.6 Å². The van der Waals surface area contributed by atoms with Gasteiger partial charge in [-0.3, -0.25) is 4.79 Å². The van der Waals surface area contributed by atoms with Crippen molar-refractivity contribution in [1.82, 2.24) is 5.32 Å². The number of carbonyl (C=O) groups is 1.